The number of aliphatic imine (C=N–C) groups is 1. The Kier molecular flexibility index (Phi) is 6.34. The lowest BCUT2D eigenvalue weighted by Gasteiger charge is -2.11. The van der Waals surface area contributed by atoms with Crippen LogP contribution < -0.4 is 10.6 Å². The second kappa shape index (κ2) is 8.13. The highest BCUT2D eigenvalue weighted by Gasteiger charge is 1.98. The Bertz CT molecular complexity index is 432. The van der Waals surface area contributed by atoms with E-state index >= 15 is 0 Å². The van der Waals surface area contributed by atoms with Crippen molar-refractivity contribution in [3.63, 3.8) is 0 Å². The fourth-order valence-electron chi connectivity index (χ4n) is 1.54. The maximum absolute atomic E-state index is 8.82. The first-order chi connectivity index (χ1) is 8.80. The van der Waals surface area contributed by atoms with E-state index in [9.17, 15) is 0 Å². The van der Waals surface area contributed by atoms with E-state index in [4.69, 9.17) is 5.26 Å². The Morgan fingerprint density at radius 3 is 2.89 bits per heavy atom. The molecule has 0 atom stereocenters. The quantitative estimate of drug-likeness (QED) is 0.473. The van der Waals surface area contributed by atoms with E-state index in [0.717, 1.165) is 30.9 Å². The highest BCUT2D eigenvalue weighted by molar-refractivity contribution is 5.79. The van der Waals surface area contributed by atoms with Crippen LogP contribution in [-0.4, -0.2) is 19.6 Å². The van der Waals surface area contributed by atoms with E-state index in [1.54, 1.807) is 13.1 Å². The summed E-state index contributed by atoms with van der Waals surface area (Å²) >= 11 is 0. The van der Waals surface area contributed by atoms with Crippen molar-refractivity contribution in [3.8, 4) is 6.07 Å². The molecule has 4 heteroatoms. The lowest BCUT2D eigenvalue weighted by Crippen LogP contribution is -2.37. The van der Waals surface area contributed by atoms with Gasteiger partial charge in [0.05, 0.1) is 11.6 Å². The zero-order valence-corrected chi connectivity index (χ0v) is 11.0. The molecule has 18 heavy (non-hydrogen) atoms. The summed E-state index contributed by atoms with van der Waals surface area (Å²) in [5, 5.41) is 15.3. The summed E-state index contributed by atoms with van der Waals surface area (Å²) in [5.41, 5.74) is 1.76. The SMILES string of the molecule is CCCCNC(=NC)NCc1cccc(C#N)c1. The molecule has 0 fully saturated rings. The number of nitriles is 1. The van der Waals surface area contributed by atoms with E-state index < -0.39 is 0 Å². The Morgan fingerprint density at radius 1 is 1.39 bits per heavy atom. The molecule has 0 aliphatic carbocycles. The minimum atomic E-state index is 0.668. The summed E-state index contributed by atoms with van der Waals surface area (Å²) in [4.78, 5) is 4.15. The molecule has 0 aliphatic heterocycles. The largest absolute Gasteiger partial charge is 0.356 e. The average Bonchev–Trinajstić information content (AvgIpc) is 2.43. The van der Waals surface area contributed by atoms with Crippen LogP contribution in [0.15, 0.2) is 29.3 Å². The van der Waals surface area contributed by atoms with Gasteiger partial charge in [-0.2, -0.15) is 5.26 Å². The van der Waals surface area contributed by atoms with Gasteiger partial charge in [-0.15, -0.1) is 0 Å². The van der Waals surface area contributed by atoms with Crippen LogP contribution in [0.25, 0.3) is 0 Å². The smallest absolute Gasteiger partial charge is 0.191 e. The highest BCUT2D eigenvalue weighted by atomic mass is 15.2. The van der Waals surface area contributed by atoms with Crippen molar-refractivity contribution >= 4 is 5.96 Å². The molecule has 0 spiro atoms. The second-order valence-electron chi connectivity index (χ2n) is 4.02. The van der Waals surface area contributed by atoms with Crippen LogP contribution in [0.4, 0.5) is 0 Å². The molecule has 0 radical (unpaired) electrons. The van der Waals surface area contributed by atoms with Crippen LogP contribution in [0, 0.1) is 11.3 Å². The van der Waals surface area contributed by atoms with Gasteiger partial charge in [-0.05, 0) is 24.1 Å². The summed E-state index contributed by atoms with van der Waals surface area (Å²) < 4.78 is 0. The van der Waals surface area contributed by atoms with Gasteiger partial charge in [-0.25, -0.2) is 0 Å². The van der Waals surface area contributed by atoms with E-state index in [1.807, 2.05) is 18.2 Å². The normalized spacial score (nSPS) is 10.8. The molecule has 4 nitrogen and oxygen atoms in total. The number of rotatable bonds is 5. The zero-order valence-electron chi connectivity index (χ0n) is 11.0. The maximum atomic E-state index is 8.82. The third kappa shape index (κ3) is 4.88. The summed E-state index contributed by atoms with van der Waals surface area (Å²) in [6.07, 6.45) is 2.29. The predicted octanol–water partition coefficient (Wildman–Crippen LogP) is 2.02. The summed E-state index contributed by atoms with van der Waals surface area (Å²) in [6.45, 7) is 3.75. The van der Waals surface area contributed by atoms with Crippen molar-refractivity contribution < 1.29 is 0 Å². The lowest BCUT2D eigenvalue weighted by atomic mass is 10.1. The van der Waals surface area contributed by atoms with Crippen molar-refractivity contribution in [1.82, 2.24) is 10.6 Å². The third-order valence-corrected chi connectivity index (χ3v) is 2.56. The monoisotopic (exact) mass is 244 g/mol. The van der Waals surface area contributed by atoms with Gasteiger partial charge < -0.3 is 10.6 Å². The Hall–Kier alpha value is -2.02. The van der Waals surface area contributed by atoms with Crippen molar-refractivity contribution in [3.05, 3.63) is 35.4 Å². The first-order valence-electron chi connectivity index (χ1n) is 6.23. The molecular weight excluding hydrogens is 224 g/mol. The van der Waals surface area contributed by atoms with Crippen LogP contribution in [0.2, 0.25) is 0 Å². The number of hydrogen-bond donors (Lipinski definition) is 2. The zero-order chi connectivity index (χ0) is 13.2. The molecule has 1 aromatic carbocycles. The number of benzene rings is 1. The summed E-state index contributed by atoms with van der Waals surface area (Å²) in [5.74, 6) is 0.797. The number of hydrogen-bond acceptors (Lipinski definition) is 2. The highest BCUT2D eigenvalue weighted by Crippen LogP contribution is 2.03. The van der Waals surface area contributed by atoms with Crippen molar-refractivity contribution in [2.75, 3.05) is 13.6 Å². The fourth-order valence-corrected chi connectivity index (χ4v) is 1.54. The lowest BCUT2D eigenvalue weighted by molar-refractivity contribution is 0.729. The molecule has 0 aliphatic rings. The van der Waals surface area contributed by atoms with Crippen molar-refractivity contribution in [2.24, 2.45) is 4.99 Å². The number of guanidine groups is 1. The molecule has 0 bridgehead atoms. The van der Waals surface area contributed by atoms with Gasteiger partial charge >= 0.3 is 0 Å². The van der Waals surface area contributed by atoms with E-state index in [0.29, 0.717) is 12.1 Å². The number of unbranched alkanes of at least 4 members (excludes halogenated alkanes) is 1. The van der Waals surface area contributed by atoms with Crippen molar-refractivity contribution in [1.29, 1.82) is 5.26 Å². The third-order valence-electron chi connectivity index (χ3n) is 2.56. The Balaban J connectivity index is 2.45. The van der Waals surface area contributed by atoms with Gasteiger partial charge in [0.25, 0.3) is 0 Å². The fraction of sp³-hybridized carbons (Fsp3) is 0.429. The summed E-state index contributed by atoms with van der Waals surface area (Å²) in [6, 6.07) is 9.71. The molecule has 0 saturated carbocycles. The molecule has 0 unspecified atom stereocenters. The first-order valence-corrected chi connectivity index (χ1v) is 6.23. The topological polar surface area (TPSA) is 60.2 Å². The van der Waals surface area contributed by atoms with Gasteiger partial charge in [0.15, 0.2) is 5.96 Å². The standard InChI is InChI=1S/C14H20N4/c1-3-4-8-17-14(16-2)18-11-13-7-5-6-12(9-13)10-15/h5-7,9H,3-4,8,11H2,1-2H3,(H2,16,17,18). The predicted molar refractivity (Wildman–Crippen MR) is 74.3 cm³/mol. The van der Waals surface area contributed by atoms with Crippen molar-refractivity contribution in [2.45, 2.75) is 26.3 Å². The van der Waals surface area contributed by atoms with E-state index in [1.165, 1.54) is 0 Å². The molecule has 96 valence electrons. The van der Waals surface area contributed by atoms with Gasteiger partial charge in [0.1, 0.15) is 0 Å². The maximum Gasteiger partial charge on any atom is 0.191 e. The molecular formula is C14H20N4. The van der Waals surface area contributed by atoms with Crippen LogP contribution in [0.5, 0.6) is 0 Å². The summed E-state index contributed by atoms with van der Waals surface area (Å²) in [7, 11) is 1.76. The molecule has 0 aromatic heterocycles. The average molecular weight is 244 g/mol. The number of nitrogens with zero attached hydrogens (tertiary/aromatic N) is 2. The van der Waals surface area contributed by atoms with Gasteiger partial charge in [-0.1, -0.05) is 25.5 Å². The molecule has 1 aromatic rings. The number of nitrogens with one attached hydrogen (secondary N) is 2. The van der Waals surface area contributed by atoms with Crippen LogP contribution in [-0.2, 0) is 6.54 Å². The van der Waals surface area contributed by atoms with Gasteiger partial charge in [0.2, 0.25) is 0 Å². The van der Waals surface area contributed by atoms with Gasteiger partial charge in [-0.3, -0.25) is 4.99 Å². The second-order valence-corrected chi connectivity index (χ2v) is 4.02. The minimum absolute atomic E-state index is 0.668. The molecule has 2 N–H and O–H groups in total. The minimum Gasteiger partial charge on any atom is -0.356 e. The van der Waals surface area contributed by atoms with E-state index in [2.05, 4.69) is 28.6 Å². The first kappa shape index (κ1) is 14.0. The molecule has 0 heterocycles. The van der Waals surface area contributed by atoms with Gasteiger partial charge in [0, 0.05) is 20.1 Å². The van der Waals surface area contributed by atoms with Crippen LogP contribution in [0.3, 0.4) is 0 Å². The molecule has 0 amide bonds. The van der Waals surface area contributed by atoms with E-state index in [-0.39, 0.29) is 0 Å². The molecule has 1 rings (SSSR count). The molecule has 0 saturated heterocycles. The Morgan fingerprint density at radius 2 is 2.22 bits per heavy atom. The Labute approximate surface area is 109 Å². The van der Waals surface area contributed by atoms with Crippen LogP contribution in [0.1, 0.15) is 30.9 Å². The van der Waals surface area contributed by atoms with Crippen LogP contribution >= 0.6 is 0 Å².